The number of carbonyl (C=O) groups is 2. The van der Waals surface area contributed by atoms with E-state index in [0.29, 0.717) is 5.82 Å². The number of aromatic amines is 1. The van der Waals surface area contributed by atoms with E-state index in [1.807, 2.05) is 0 Å². The number of H-pyrrole nitrogens is 1. The van der Waals surface area contributed by atoms with Gasteiger partial charge in [-0.25, -0.2) is 13.8 Å². The molecule has 1 aliphatic heterocycles. The molecule has 4 rings (SSSR count). The summed E-state index contributed by atoms with van der Waals surface area (Å²) in [6.45, 7) is 1.89. The Morgan fingerprint density at radius 3 is 2.58 bits per heavy atom. The molecule has 1 fully saturated rings. The highest BCUT2D eigenvalue weighted by atomic mass is 35.5. The van der Waals surface area contributed by atoms with Crippen molar-refractivity contribution >= 4 is 35.1 Å². The minimum Gasteiger partial charge on any atom is -0.481 e. The number of aliphatic carboxylic acids is 1. The van der Waals surface area contributed by atoms with E-state index in [-0.39, 0.29) is 48.0 Å². The molecule has 3 N–H and O–H groups in total. The van der Waals surface area contributed by atoms with E-state index in [1.54, 1.807) is 13.0 Å². The fourth-order valence-corrected chi connectivity index (χ4v) is 4.08. The van der Waals surface area contributed by atoms with Gasteiger partial charge in [0.25, 0.3) is 5.91 Å². The lowest BCUT2D eigenvalue weighted by Crippen LogP contribution is -2.49. The van der Waals surface area contributed by atoms with Crippen LogP contribution in [0.3, 0.4) is 0 Å². The molecule has 33 heavy (non-hydrogen) atoms. The van der Waals surface area contributed by atoms with Crippen LogP contribution in [0, 0.1) is 18.6 Å². The summed E-state index contributed by atoms with van der Waals surface area (Å²) in [5.41, 5.74) is -0.697. The molecular weight excluding hydrogens is 456 g/mol. The van der Waals surface area contributed by atoms with Crippen LogP contribution in [0.1, 0.15) is 34.6 Å². The maximum absolute atomic E-state index is 14.4. The Morgan fingerprint density at radius 1 is 1.21 bits per heavy atom. The molecule has 2 aromatic heterocycles. The van der Waals surface area contributed by atoms with Crippen LogP contribution in [0.4, 0.5) is 20.4 Å². The fraction of sp³-hybridized carbons (Fsp3) is 0.273. The van der Waals surface area contributed by atoms with Gasteiger partial charge < -0.3 is 15.3 Å². The predicted octanol–water partition coefficient (Wildman–Crippen LogP) is 4.05. The number of rotatable bonds is 5. The second-order valence-electron chi connectivity index (χ2n) is 7.87. The van der Waals surface area contributed by atoms with Crippen LogP contribution < -0.4 is 5.32 Å². The number of hydrogen-bond acceptors (Lipinski definition) is 5. The van der Waals surface area contributed by atoms with Crippen LogP contribution in [0.5, 0.6) is 0 Å². The molecule has 3 heterocycles. The third kappa shape index (κ3) is 4.25. The first-order valence-corrected chi connectivity index (χ1v) is 10.5. The molecule has 172 valence electrons. The quantitative estimate of drug-likeness (QED) is 0.513. The first-order chi connectivity index (χ1) is 15.7. The molecule has 3 aromatic rings. The van der Waals surface area contributed by atoms with Gasteiger partial charge >= 0.3 is 5.97 Å². The number of likely N-dealkylation sites (tertiary alicyclic amines) is 1. The summed E-state index contributed by atoms with van der Waals surface area (Å²) in [4.78, 5) is 30.7. The van der Waals surface area contributed by atoms with E-state index in [0.717, 1.165) is 11.8 Å². The number of anilines is 2. The highest BCUT2D eigenvalue weighted by Gasteiger charge is 2.45. The monoisotopic (exact) mass is 475 g/mol. The van der Waals surface area contributed by atoms with Gasteiger partial charge in [0.2, 0.25) is 0 Å². The molecule has 1 aliphatic rings. The molecule has 11 heteroatoms. The summed E-state index contributed by atoms with van der Waals surface area (Å²) in [6.07, 6.45) is 0.0473. The molecular formula is C22H20ClF2N5O3. The Bertz CT molecular complexity index is 1220. The maximum Gasteiger partial charge on any atom is 0.315 e. The fourth-order valence-electron chi connectivity index (χ4n) is 3.91. The van der Waals surface area contributed by atoms with E-state index in [1.165, 1.54) is 29.2 Å². The van der Waals surface area contributed by atoms with Gasteiger partial charge in [-0.15, -0.1) is 0 Å². The molecule has 0 spiro atoms. The third-order valence-electron chi connectivity index (χ3n) is 5.78. The number of carboxylic acid groups (broad SMARTS) is 1. The van der Waals surface area contributed by atoms with E-state index < -0.39 is 28.9 Å². The summed E-state index contributed by atoms with van der Waals surface area (Å²) in [5.74, 6) is -3.00. The number of aryl methyl sites for hydroxylation is 1. The first-order valence-electron chi connectivity index (χ1n) is 10.1. The largest absolute Gasteiger partial charge is 0.481 e. The number of carbonyl (C=O) groups excluding carboxylic acids is 1. The Balaban J connectivity index is 1.58. The highest BCUT2D eigenvalue weighted by Crippen LogP contribution is 2.37. The van der Waals surface area contributed by atoms with Gasteiger partial charge in [0, 0.05) is 24.8 Å². The number of halogens is 3. The van der Waals surface area contributed by atoms with Gasteiger partial charge in [0.15, 0.2) is 23.3 Å². The number of nitrogens with one attached hydrogen (secondary N) is 2. The van der Waals surface area contributed by atoms with Crippen molar-refractivity contribution in [3.05, 3.63) is 70.0 Å². The second-order valence-corrected chi connectivity index (χ2v) is 8.28. The van der Waals surface area contributed by atoms with Gasteiger partial charge in [0.05, 0.1) is 16.3 Å². The molecule has 1 saturated heterocycles. The Morgan fingerprint density at radius 2 is 1.94 bits per heavy atom. The summed E-state index contributed by atoms with van der Waals surface area (Å²) >= 11 is 5.78. The van der Waals surface area contributed by atoms with Crippen molar-refractivity contribution in [3.8, 4) is 0 Å². The SMILES string of the molecule is Cc1cc(Nc2nc(C3(C(=O)O)CCN(C(=O)c4cccc(Cl)c4F)CC3)ccc2F)n[nH]1. The summed E-state index contributed by atoms with van der Waals surface area (Å²) in [5, 5.41) is 19.3. The van der Waals surface area contributed by atoms with Crippen molar-refractivity contribution in [1.29, 1.82) is 0 Å². The molecule has 1 amide bonds. The van der Waals surface area contributed by atoms with Crippen LogP contribution in [0.2, 0.25) is 5.02 Å². The zero-order valence-electron chi connectivity index (χ0n) is 17.5. The van der Waals surface area contributed by atoms with Gasteiger partial charge in [-0.3, -0.25) is 14.7 Å². The van der Waals surface area contributed by atoms with Crippen molar-refractivity contribution in [2.45, 2.75) is 25.2 Å². The number of hydrogen-bond donors (Lipinski definition) is 3. The van der Waals surface area contributed by atoms with Crippen LogP contribution in [-0.4, -0.2) is 50.2 Å². The number of aromatic nitrogens is 3. The van der Waals surface area contributed by atoms with E-state index in [2.05, 4.69) is 20.5 Å². The average molecular weight is 476 g/mol. The minimum atomic E-state index is -1.44. The van der Waals surface area contributed by atoms with Crippen molar-refractivity contribution in [1.82, 2.24) is 20.1 Å². The van der Waals surface area contributed by atoms with E-state index in [4.69, 9.17) is 11.6 Å². The molecule has 0 radical (unpaired) electrons. The Kier molecular flexibility index (Phi) is 6.03. The highest BCUT2D eigenvalue weighted by molar-refractivity contribution is 6.31. The zero-order valence-corrected chi connectivity index (χ0v) is 18.3. The van der Waals surface area contributed by atoms with Crippen LogP contribution in [0.15, 0.2) is 36.4 Å². The van der Waals surface area contributed by atoms with Gasteiger partial charge in [-0.05, 0) is 44.0 Å². The lowest BCUT2D eigenvalue weighted by atomic mass is 9.75. The first kappa shape index (κ1) is 22.7. The lowest BCUT2D eigenvalue weighted by molar-refractivity contribution is -0.146. The van der Waals surface area contributed by atoms with Gasteiger partial charge in [-0.1, -0.05) is 17.7 Å². The van der Waals surface area contributed by atoms with Crippen molar-refractivity contribution in [3.63, 3.8) is 0 Å². The van der Waals surface area contributed by atoms with Gasteiger partial charge in [-0.2, -0.15) is 5.10 Å². The van der Waals surface area contributed by atoms with Crippen LogP contribution in [-0.2, 0) is 10.2 Å². The summed E-state index contributed by atoms with van der Waals surface area (Å²) in [6, 6.07) is 8.28. The normalized spacial score (nSPS) is 15.3. The second kappa shape index (κ2) is 8.78. The van der Waals surface area contributed by atoms with E-state index >= 15 is 0 Å². The molecule has 8 nitrogen and oxygen atoms in total. The van der Waals surface area contributed by atoms with Crippen molar-refractivity contribution < 1.29 is 23.5 Å². The molecule has 0 bridgehead atoms. The molecule has 1 aromatic carbocycles. The summed E-state index contributed by atoms with van der Waals surface area (Å²) < 4.78 is 28.7. The van der Waals surface area contributed by atoms with Crippen LogP contribution in [0.25, 0.3) is 0 Å². The smallest absolute Gasteiger partial charge is 0.315 e. The number of pyridine rings is 1. The third-order valence-corrected chi connectivity index (χ3v) is 6.08. The van der Waals surface area contributed by atoms with Crippen LogP contribution >= 0.6 is 11.6 Å². The number of piperidine rings is 1. The minimum absolute atomic E-state index is 0.0237. The average Bonchev–Trinajstić information content (AvgIpc) is 3.21. The molecule has 0 atom stereocenters. The Hall–Kier alpha value is -3.53. The molecule has 0 aliphatic carbocycles. The standard InChI is InChI=1S/C22H20ClF2N5O3/c1-12-11-17(29-28-12)27-19-15(24)5-6-16(26-19)22(21(32)33)7-9-30(10-8-22)20(31)13-3-2-4-14(23)18(13)25/h2-6,11H,7-10H2,1H3,(H,32,33)(H2,26,27,28,29). The zero-order chi connectivity index (χ0) is 23.8. The molecule has 0 saturated carbocycles. The maximum atomic E-state index is 14.4. The van der Waals surface area contributed by atoms with Gasteiger partial charge in [0.1, 0.15) is 5.41 Å². The number of carboxylic acids is 1. The Labute approximate surface area is 192 Å². The lowest BCUT2D eigenvalue weighted by Gasteiger charge is -2.38. The number of nitrogens with zero attached hydrogens (tertiary/aromatic N) is 3. The van der Waals surface area contributed by atoms with Crippen molar-refractivity contribution in [2.24, 2.45) is 0 Å². The molecule has 0 unspecified atom stereocenters. The summed E-state index contributed by atoms with van der Waals surface area (Å²) in [7, 11) is 0. The number of benzene rings is 1. The van der Waals surface area contributed by atoms with Crippen molar-refractivity contribution in [2.75, 3.05) is 18.4 Å². The number of amides is 1. The van der Waals surface area contributed by atoms with E-state index in [9.17, 15) is 23.5 Å². The topological polar surface area (TPSA) is 111 Å². The predicted molar refractivity (Wildman–Crippen MR) is 117 cm³/mol.